The second-order valence-electron chi connectivity index (χ2n) is 9.35. The zero-order valence-corrected chi connectivity index (χ0v) is 18.4. The van der Waals surface area contributed by atoms with Gasteiger partial charge in [-0.15, -0.1) is 11.3 Å². The number of aromatic nitrogens is 1. The zero-order valence-electron chi connectivity index (χ0n) is 17.6. The number of fused-ring (bicyclic) bond motifs is 1. The molecule has 4 rings (SSSR count). The van der Waals surface area contributed by atoms with Crippen LogP contribution in [0, 0.1) is 11.3 Å². The molecule has 0 spiro atoms. The lowest BCUT2D eigenvalue weighted by atomic mass is 9.75. The van der Waals surface area contributed by atoms with Gasteiger partial charge in [-0.25, -0.2) is 0 Å². The van der Waals surface area contributed by atoms with Crippen LogP contribution in [0.4, 0.5) is 0 Å². The predicted molar refractivity (Wildman–Crippen MR) is 118 cm³/mol. The minimum Gasteiger partial charge on any atom is -0.352 e. The van der Waals surface area contributed by atoms with Gasteiger partial charge in [0.2, 0.25) is 0 Å². The van der Waals surface area contributed by atoms with E-state index < -0.39 is 11.5 Å². The molecule has 160 valence electrons. The number of H-pyrrole nitrogens is 1. The standard InChI is InChI=1S/C23H29N3O3S/c1-23(2)11-19-17(20(27)12-23)10-18(22(29)25-19)21(28)24-13-15-5-7-26(8-6-15)14-16-4-3-9-30-16/h3-4,9-10,15H,5-8,11-14H2,1-2H3,(H,24,28)(H,25,29). The van der Waals surface area contributed by atoms with E-state index in [0.29, 0.717) is 36.6 Å². The van der Waals surface area contributed by atoms with Crippen molar-refractivity contribution in [1.82, 2.24) is 15.2 Å². The van der Waals surface area contributed by atoms with E-state index in [4.69, 9.17) is 0 Å². The molecule has 1 fully saturated rings. The number of thiophene rings is 1. The smallest absolute Gasteiger partial charge is 0.261 e. The molecule has 2 aromatic rings. The number of carbonyl (C=O) groups is 2. The molecule has 0 unspecified atom stereocenters. The number of hydrogen-bond acceptors (Lipinski definition) is 5. The van der Waals surface area contributed by atoms with Crippen molar-refractivity contribution in [1.29, 1.82) is 0 Å². The topological polar surface area (TPSA) is 82.3 Å². The summed E-state index contributed by atoms with van der Waals surface area (Å²) in [6, 6.07) is 5.74. The molecule has 1 aliphatic carbocycles. The van der Waals surface area contributed by atoms with E-state index >= 15 is 0 Å². The first kappa shape index (κ1) is 21.0. The molecule has 0 saturated carbocycles. The number of hydrogen-bond donors (Lipinski definition) is 2. The zero-order chi connectivity index (χ0) is 21.3. The molecule has 2 N–H and O–H groups in total. The molecular formula is C23H29N3O3S. The van der Waals surface area contributed by atoms with Gasteiger partial charge < -0.3 is 10.3 Å². The van der Waals surface area contributed by atoms with Crippen molar-refractivity contribution in [3.63, 3.8) is 0 Å². The Labute approximate surface area is 180 Å². The number of nitrogens with zero attached hydrogens (tertiary/aromatic N) is 1. The van der Waals surface area contributed by atoms with Gasteiger partial charge in [-0.05, 0) is 61.2 Å². The molecule has 1 aliphatic heterocycles. The second kappa shape index (κ2) is 8.47. The summed E-state index contributed by atoms with van der Waals surface area (Å²) in [6.07, 6.45) is 3.12. The van der Waals surface area contributed by atoms with Crippen LogP contribution in [0.2, 0.25) is 0 Å². The number of pyridine rings is 1. The molecule has 0 radical (unpaired) electrons. The van der Waals surface area contributed by atoms with Gasteiger partial charge in [-0.1, -0.05) is 19.9 Å². The summed E-state index contributed by atoms with van der Waals surface area (Å²) < 4.78 is 0. The van der Waals surface area contributed by atoms with Gasteiger partial charge in [0.15, 0.2) is 5.78 Å². The van der Waals surface area contributed by atoms with E-state index in [1.807, 2.05) is 13.8 Å². The highest BCUT2D eigenvalue weighted by molar-refractivity contribution is 7.09. The van der Waals surface area contributed by atoms with Crippen molar-refractivity contribution in [3.05, 3.63) is 55.6 Å². The lowest BCUT2D eigenvalue weighted by Crippen LogP contribution is -2.39. The Balaban J connectivity index is 1.33. The fourth-order valence-electron chi connectivity index (χ4n) is 4.50. The maximum absolute atomic E-state index is 12.7. The second-order valence-corrected chi connectivity index (χ2v) is 10.4. The Kier molecular flexibility index (Phi) is 5.93. The average molecular weight is 428 g/mol. The van der Waals surface area contributed by atoms with Crippen LogP contribution in [0.3, 0.4) is 0 Å². The predicted octanol–water partition coefficient (Wildman–Crippen LogP) is 3.23. The maximum atomic E-state index is 12.7. The first-order valence-corrected chi connectivity index (χ1v) is 11.5. The summed E-state index contributed by atoms with van der Waals surface area (Å²) >= 11 is 1.78. The van der Waals surface area contributed by atoms with Gasteiger partial charge in [-0.3, -0.25) is 19.3 Å². The number of piperidine rings is 1. The van der Waals surface area contributed by atoms with Crippen LogP contribution < -0.4 is 10.9 Å². The number of aromatic amines is 1. The van der Waals surface area contributed by atoms with Gasteiger partial charge in [0.25, 0.3) is 11.5 Å². The molecule has 1 amide bonds. The highest BCUT2D eigenvalue weighted by Gasteiger charge is 2.32. The molecule has 2 aliphatic rings. The maximum Gasteiger partial charge on any atom is 0.261 e. The molecule has 3 heterocycles. The van der Waals surface area contributed by atoms with Crippen molar-refractivity contribution in [3.8, 4) is 0 Å². The quantitative estimate of drug-likeness (QED) is 0.768. The molecule has 0 aromatic carbocycles. The van der Waals surface area contributed by atoms with E-state index in [9.17, 15) is 14.4 Å². The number of rotatable bonds is 5. The van der Waals surface area contributed by atoms with Crippen LogP contribution in [0.5, 0.6) is 0 Å². The normalized spacial score (nSPS) is 19.5. The summed E-state index contributed by atoms with van der Waals surface area (Å²) in [6.45, 7) is 7.61. The van der Waals surface area contributed by atoms with Crippen molar-refractivity contribution in [2.24, 2.45) is 11.3 Å². The van der Waals surface area contributed by atoms with E-state index in [-0.39, 0.29) is 16.8 Å². The summed E-state index contributed by atoms with van der Waals surface area (Å²) in [5.74, 6) is 0.00929. The van der Waals surface area contributed by atoms with Gasteiger partial charge in [-0.2, -0.15) is 0 Å². The highest BCUT2D eigenvalue weighted by atomic mass is 32.1. The molecule has 30 heavy (non-hydrogen) atoms. The third kappa shape index (κ3) is 4.73. The van der Waals surface area contributed by atoms with Crippen molar-refractivity contribution >= 4 is 23.0 Å². The van der Waals surface area contributed by atoms with Crippen molar-refractivity contribution in [2.45, 2.75) is 46.1 Å². The van der Waals surface area contributed by atoms with Gasteiger partial charge in [0, 0.05) is 35.6 Å². The minimum atomic E-state index is -0.414. The largest absolute Gasteiger partial charge is 0.352 e. The van der Waals surface area contributed by atoms with Crippen LogP contribution in [0.15, 0.2) is 28.4 Å². The molecular weight excluding hydrogens is 398 g/mol. The summed E-state index contributed by atoms with van der Waals surface area (Å²) in [5.41, 5.74) is 0.589. The summed E-state index contributed by atoms with van der Waals surface area (Å²) in [4.78, 5) is 44.2. The first-order valence-electron chi connectivity index (χ1n) is 10.6. The molecule has 2 aromatic heterocycles. The Hall–Kier alpha value is -2.25. The van der Waals surface area contributed by atoms with E-state index in [0.717, 1.165) is 32.5 Å². The Morgan fingerprint density at radius 2 is 2.03 bits per heavy atom. The monoisotopic (exact) mass is 427 g/mol. The van der Waals surface area contributed by atoms with Crippen LogP contribution in [-0.4, -0.2) is 41.2 Å². The third-order valence-corrected chi connectivity index (χ3v) is 7.04. The number of likely N-dealkylation sites (tertiary alicyclic amines) is 1. The van der Waals surface area contributed by atoms with Crippen LogP contribution in [0.25, 0.3) is 0 Å². The Morgan fingerprint density at radius 3 is 2.73 bits per heavy atom. The Morgan fingerprint density at radius 1 is 1.27 bits per heavy atom. The number of carbonyl (C=O) groups excluding carboxylic acids is 2. The average Bonchev–Trinajstić information content (AvgIpc) is 3.19. The lowest BCUT2D eigenvalue weighted by molar-refractivity contribution is 0.0910. The van der Waals surface area contributed by atoms with Gasteiger partial charge in [0.1, 0.15) is 5.56 Å². The molecule has 6 nitrogen and oxygen atoms in total. The molecule has 1 saturated heterocycles. The lowest BCUT2D eigenvalue weighted by Gasteiger charge is -2.31. The third-order valence-electron chi connectivity index (χ3n) is 6.18. The number of ketones is 1. The highest BCUT2D eigenvalue weighted by Crippen LogP contribution is 2.33. The van der Waals surface area contributed by atoms with Crippen LogP contribution in [0.1, 0.15) is 64.4 Å². The number of amides is 1. The van der Waals surface area contributed by atoms with E-state index in [2.05, 4.69) is 32.7 Å². The van der Waals surface area contributed by atoms with E-state index in [1.54, 1.807) is 11.3 Å². The minimum absolute atomic E-state index is 0.00957. The van der Waals surface area contributed by atoms with Crippen molar-refractivity contribution < 1.29 is 9.59 Å². The molecule has 7 heteroatoms. The fraction of sp³-hybridized carbons (Fsp3) is 0.522. The SMILES string of the molecule is CC1(C)CC(=O)c2cc(C(=O)NCC3CCN(Cc4cccs4)CC3)c(=O)[nH]c2C1. The summed E-state index contributed by atoms with van der Waals surface area (Å²) in [5, 5.41) is 5.03. The molecule has 0 atom stereocenters. The van der Waals surface area contributed by atoms with Gasteiger partial charge >= 0.3 is 0 Å². The molecule has 0 bridgehead atoms. The van der Waals surface area contributed by atoms with Crippen molar-refractivity contribution in [2.75, 3.05) is 19.6 Å². The number of nitrogens with one attached hydrogen (secondary N) is 2. The van der Waals surface area contributed by atoms with E-state index in [1.165, 1.54) is 10.9 Å². The van der Waals surface area contributed by atoms with Crippen LogP contribution in [-0.2, 0) is 13.0 Å². The van der Waals surface area contributed by atoms with Crippen LogP contribution >= 0.6 is 11.3 Å². The van der Waals surface area contributed by atoms with Gasteiger partial charge in [0.05, 0.1) is 0 Å². The first-order chi connectivity index (χ1) is 14.3. The number of Topliss-reactive ketones (excluding diaryl/α,β-unsaturated/α-hetero) is 1. The fourth-order valence-corrected chi connectivity index (χ4v) is 5.25. The summed E-state index contributed by atoms with van der Waals surface area (Å²) in [7, 11) is 0. The Bertz CT molecular complexity index is 986.